The Labute approximate surface area is 176 Å². The fourth-order valence-corrected chi connectivity index (χ4v) is 4.26. The van der Waals surface area contributed by atoms with E-state index in [4.69, 9.17) is 0 Å². The van der Waals surface area contributed by atoms with E-state index >= 15 is 0 Å². The van der Waals surface area contributed by atoms with E-state index in [9.17, 15) is 14.4 Å². The Bertz CT molecular complexity index is 947. The molecule has 2 aliphatic rings. The normalized spacial score (nSPS) is 21.1. The van der Waals surface area contributed by atoms with Gasteiger partial charge in [-0.05, 0) is 48.7 Å². The van der Waals surface area contributed by atoms with E-state index in [0.717, 1.165) is 36.9 Å². The van der Waals surface area contributed by atoms with Crippen molar-refractivity contribution < 1.29 is 14.4 Å². The third kappa shape index (κ3) is 4.48. The van der Waals surface area contributed by atoms with E-state index in [-0.39, 0.29) is 42.5 Å². The average molecular weight is 403 g/mol. The van der Waals surface area contributed by atoms with E-state index in [1.807, 2.05) is 54.6 Å². The maximum absolute atomic E-state index is 12.5. The second-order valence-electron chi connectivity index (χ2n) is 7.84. The molecule has 1 aliphatic heterocycles. The van der Waals surface area contributed by atoms with E-state index < -0.39 is 0 Å². The Kier molecular flexibility index (Phi) is 6.02. The lowest BCUT2D eigenvalue weighted by molar-refractivity contribution is -0.140. The van der Waals surface area contributed by atoms with Crippen LogP contribution in [0.3, 0.4) is 0 Å². The minimum Gasteiger partial charge on any atom is -0.326 e. The summed E-state index contributed by atoms with van der Waals surface area (Å²) < 4.78 is 0. The van der Waals surface area contributed by atoms with E-state index in [1.54, 1.807) is 6.20 Å². The van der Waals surface area contributed by atoms with Crippen LogP contribution in [0.5, 0.6) is 0 Å². The first kappa shape index (κ1) is 20.0. The standard InChI is InChI=1S/C24H25N3O3/c28-22(13-15-27-23(29)20-9-1-2-10-21(20)24(27)30)26-19-8-5-6-17(16-19)11-12-18-7-3-4-14-25-18/h3-8,11-12,14,16,20-21H,1-2,9-10,13,15H2,(H,26,28)/b12-11+/t20-,21-/m0/s1. The second-order valence-corrected chi connectivity index (χ2v) is 7.84. The van der Waals surface area contributed by atoms with Crippen molar-refractivity contribution in [2.75, 3.05) is 11.9 Å². The maximum Gasteiger partial charge on any atom is 0.233 e. The number of hydrogen-bond donors (Lipinski definition) is 1. The molecular weight excluding hydrogens is 378 g/mol. The van der Waals surface area contributed by atoms with E-state index in [1.165, 1.54) is 4.90 Å². The largest absolute Gasteiger partial charge is 0.326 e. The van der Waals surface area contributed by atoms with Crippen molar-refractivity contribution in [1.29, 1.82) is 0 Å². The van der Waals surface area contributed by atoms with Gasteiger partial charge in [0, 0.05) is 24.8 Å². The molecule has 1 saturated heterocycles. The number of rotatable bonds is 6. The Morgan fingerprint density at radius 2 is 1.80 bits per heavy atom. The molecule has 6 heteroatoms. The minimum absolute atomic E-state index is 0.0980. The predicted molar refractivity (Wildman–Crippen MR) is 115 cm³/mol. The van der Waals surface area contributed by atoms with Gasteiger partial charge < -0.3 is 5.32 Å². The summed E-state index contributed by atoms with van der Waals surface area (Å²) in [7, 11) is 0. The van der Waals surface area contributed by atoms with Crippen LogP contribution in [0.4, 0.5) is 5.69 Å². The van der Waals surface area contributed by atoms with Crippen LogP contribution in [0.25, 0.3) is 12.2 Å². The number of imide groups is 1. The van der Waals surface area contributed by atoms with Crippen LogP contribution in [0.2, 0.25) is 0 Å². The van der Waals surface area contributed by atoms with Crippen LogP contribution in [-0.2, 0) is 14.4 Å². The molecule has 2 heterocycles. The third-order valence-electron chi connectivity index (χ3n) is 5.80. The van der Waals surface area contributed by atoms with Crippen molar-refractivity contribution in [2.24, 2.45) is 11.8 Å². The monoisotopic (exact) mass is 403 g/mol. The zero-order valence-corrected chi connectivity index (χ0v) is 16.8. The van der Waals surface area contributed by atoms with Crippen LogP contribution in [0.15, 0.2) is 48.7 Å². The molecule has 154 valence electrons. The molecule has 4 rings (SSSR count). The average Bonchev–Trinajstić information content (AvgIpc) is 3.02. The first-order valence-electron chi connectivity index (χ1n) is 10.5. The summed E-state index contributed by atoms with van der Waals surface area (Å²) in [5.41, 5.74) is 2.47. The SMILES string of the molecule is O=C(CCN1C(=O)[C@H]2CCCC[C@@H]2C1=O)Nc1cccc(/C=C/c2ccccn2)c1. The van der Waals surface area contributed by atoms with Gasteiger partial charge in [-0.2, -0.15) is 0 Å². The fourth-order valence-electron chi connectivity index (χ4n) is 4.26. The fraction of sp³-hybridized carbons (Fsp3) is 0.333. The molecular formula is C24H25N3O3. The number of fused-ring (bicyclic) bond motifs is 1. The van der Waals surface area contributed by atoms with Gasteiger partial charge in [-0.15, -0.1) is 0 Å². The van der Waals surface area contributed by atoms with Crippen molar-refractivity contribution in [3.05, 3.63) is 59.9 Å². The number of pyridine rings is 1. The third-order valence-corrected chi connectivity index (χ3v) is 5.80. The molecule has 1 aliphatic carbocycles. The van der Waals surface area contributed by atoms with Gasteiger partial charge >= 0.3 is 0 Å². The molecule has 0 spiro atoms. The lowest BCUT2D eigenvalue weighted by Crippen LogP contribution is -2.34. The predicted octanol–water partition coefficient (Wildman–Crippen LogP) is 3.76. The molecule has 3 amide bonds. The van der Waals surface area contributed by atoms with Crippen molar-refractivity contribution in [3.8, 4) is 0 Å². The van der Waals surface area contributed by atoms with Crippen LogP contribution in [-0.4, -0.2) is 34.2 Å². The zero-order chi connectivity index (χ0) is 20.9. The number of carbonyl (C=O) groups excluding carboxylic acids is 3. The van der Waals surface area contributed by atoms with Crippen molar-refractivity contribution in [2.45, 2.75) is 32.1 Å². The number of carbonyl (C=O) groups is 3. The summed E-state index contributed by atoms with van der Waals surface area (Å²) in [5.74, 6) is -0.747. The molecule has 0 unspecified atom stereocenters. The second kappa shape index (κ2) is 9.03. The topological polar surface area (TPSA) is 79.4 Å². The molecule has 0 bridgehead atoms. The maximum atomic E-state index is 12.5. The summed E-state index contributed by atoms with van der Waals surface area (Å²) in [4.78, 5) is 43.0. The summed E-state index contributed by atoms with van der Waals surface area (Å²) in [5, 5.41) is 2.86. The molecule has 1 saturated carbocycles. The smallest absolute Gasteiger partial charge is 0.233 e. The summed E-state index contributed by atoms with van der Waals surface area (Å²) in [6.45, 7) is 0.149. The van der Waals surface area contributed by atoms with E-state index in [0.29, 0.717) is 5.69 Å². The molecule has 2 atom stereocenters. The number of aromatic nitrogens is 1. The number of benzene rings is 1. The van der Waals surface area contributed by atoms with Gasteiger partial charge in [-0.25, -0.2) is 0 Å². The lowest BCUT2D eigenvalue weighted by Gasteiger charge is -2.19. The Hall–Kier alpha value is -3.28. The van der Waals surface area contributed by atoms with Crippen LogP contribution in [0, 0.1) is 11.8 Å². The van der Waals surface area contributed by atoms with Crippen molar-refractivity contribution in [1.82, 2.24) is 9.88 Å². The van der Waals surface area contributed by atoms with Gasteiger partial charge in [0.15, 0.2) is 0 Å². The number of amides is 3. The summed E-state index contributed by atoms with van der Waals surface area (Å²) in [6, 6.07) is 13.2. The Balaban J connectivity index is 1.33. The molecule has 0 radical (unpaired) electrons. The highest BCUT2D eigenvalue weighted by Gasteiger charge is 2.47. The quantitative estimate of drug-likeness (QED) is 0.745. The molecule has 2 aromatic rings. The number of hydrogen-bond acceptors (Lipinski definition) is 4. The molecule has 1 N–H and O–H groups in total. The van der Waals surface area contributed by atoms with Gasteiger partial charge in [0.25, 0.3) is 0 Å². The zero-order valence-electron chi connectivity index (χ0n) is 16.8. The highest BCUT2D eigenvalue weighted by atomic mass is 16.2. The van der Waals surface area contributed by atoms with Crippen LogP contribution >= 0.6 is 0 Å². The summed E-state index contributed by atoms with van der Waals surface area (Å²) in [6.07, 6.45) is 9.26. The first-order chi connectivity index (χ1) is 14.6. The van der Waals surface area contributed by atoms with Gasteiger partial charge in [-0.3, -0.25) is 24.3 Å². The van der Waals surface area contributed by atoms with Gasteiger partial charge in [0.1, 0.15) is 0 Å². The molecule has 1 aromatic carbocycles. The first-order valence-corrected chi connectivity index (χ1v) is 10.5. The number of nitrogens with zero attached hydrogens (tertiary/aromatic N) is 2. The lowest BCUT2D eigenvalue weighted by atomic mass is 9.81. The molecule has 1 aromatic heterocycles. The highest BCUT2D eigenvalue weighted by molar-refractivity contribution is 6.05. The van der Waals surface area contributed by atoms with Gasteiger partial charge in [0.05, 0.1) is 17.5 Å². The molecule has 6 nitrogen and oxygen atoms in total. The summed E-state index contributed by atoms with van der Waals surface area (Å²) >= 11 is 0. The van der Waals surface area contributed by atoms with Crippen molar-refractivity contribution >= 4 is 35.6 Å². The van der Waals surface area contributed by atoms with Crippen LogP contribution in [0.1, 0.15) is 43.4 Å². The van der Waals surface area contributed by atoms with Gasteiger partial charge in [0.2, 0.25) is 17.7 Å². The Morgan fingerprint density at radius 3 is 2.50 bits per heavy atom. The van der Waals surface area contributed by atoms with Crippen LogP contribution < -0.4 is 5.32 Å². The molecule has 2 fully saturated rings. The Morgan fingerprint density at radius 1 is 1.03 bits per heavy atom. The van der Waals surface area contributed by atoms with Crippen molar-refractivity contribution in [3.63, 3.8) is 0 Å². The number of likely N-dealkylation sites (tertiary alicyclic amines) is 1. The minimum atomic E-state index is -0.212. The highest BCUT2D eigenvalue weighted by Crippen LogP contribution is 2.37. The number of anilines is 1. The molecule has 30 heavy (non-hydrogen) atoms. The number of nitrogens with one attached hydrogen (secondary N) is 1. The van der Waals surface area contributed by atoms with E-state index in [2.05, 4.69) is 10.3 Å². The van der Waals surface area contributed by atoms with Gasteiger partial charge in [-0.1, -0.05) is 37.1 Å².